The Kier molecular flexibility index (Phi) is 3.21. The van der Waals surface area contributed by atoms with Crippen LogP contribution in [0.3, 0.4) is 0 Å². The molecule has 2 aromatic carbocycles. The third-order valence-corrected chi connectivity index (χ3v) is 3.64. The van der Waals surface area contributed by atoms with Crippen LogP contribution in [0.5, 0.6) is 11.5 Å². The second-order valence-electron chi connectivity index (χ2n) is 5.18. The first-order valence-corrected chi connectivity index (χ1v) is 7.30. The molecule has 4 rings (SSSR count). The summed E-state index contributed by atoms with van der Waals surface area (Å²) in [4.78, 5) is 7.64. The number of allylic oxidation sites excluding steroid dienone is 1. The summed E-state index contributed by atoms with van der Waals surface area (Å²) in [6.07, 6.45) is 1.79. The summed E-state index contributed by atoms with van der Waals surface area (Å²) in [7, 11) is 0. The van der Waals surface area contributed by atoms with Gasteiger partial charge in [-0.05, 0) is 35.9 Å². The van der Waals surface area contributed by atoms with Crippen LogP contribution in [0.15, 0.2) is 42.5 Å². The number of nitrogens with one attached hydrogen (secondary N) is 1. The van der Waals surface area contributed by atoms with E-state index in [2.05, 4.69) is 16.0 Å². The molecule has 1 aromatic heterocycles. The molecule has 0 spiro atoms. The Morgan fingerprint density at radius 1 is 1.13 bits per heavy atom. The van der Waals surface area contributed by atoms with Crippen molar-refractivity contribution >= 4 is 22.7 Å². The number of nitriles is 1. The van der Waals surface area contributed by atoms with Gasteiger partial charge in [0.1, 0.15) is 25.1 Å². The van der Waals surface area contributed by atoms with E-state index in [-0.39, 0.29) is 0 Å². The monoisotopic (exact) mass is 303 g/mol. The van der Waals surface area contributed by atoms with E-state index in [4.69, 9.17) is 9.47 Å². The molecule has 0 radical (unpaired) electrons. The predicted octanol–water partition coefficient (Wildman–Crippen LogP) is 3.40. The van der Waals surface area contributed by atoms with Crippen molar-refractivity contribution in [2.24, 2.45) is 0 Å². The molecule has 5 nitrogen and oxygen atoms in total. The van der Waals surface area contributed by atoms with Crippen molar-refractivity contribution in [3.63, 3.8) is 0 Å². The number of nitrogens with zero attached hydrogens (tertiary/aromatic N) is 2. The van der Waals surface area contributed by atoms with E-state index in [0.29, 0.717) is 30.4 Å². The molecule has 0 amide bonds. The Hall–Kier alpha value is -3.26. The molecule has 1 aliphatic heterocycles. The van der Waals surface area contributed by atoms with Crippen LogP contribution in [0.1, 0.15) is 11.4 Å². The van der Waals surface area contributed by atoms with Crippen LogP contribution >= 0.6 is 0 Å². The van der Waals surface area contributed by atoms with Crippen molar-refractivity contribution in [3.05, 3.63) is 53.9 Å². The Morgan fingerprint density at radius 3 is 2.78 bits per heavy atom. The van der Waals surface area contributed by atoms with Gasteiger partial charge in [-0.15, -0.1) is 0 Å². The minimum Gasteiger partial charge on any atom is -0.486 e. The highest BCUT2D eigenvalue weighted by molar-refractivity contribution is 5.90. The number of para-hydroxylation sites is 2. The number of aromatic amines is 1. The number of imidazole rings is 1. The molecular weight excluding hydrogens is 290 g/mol. The molecule has 0 fully saturated rings. The number of hydrogen-bond donors (Lipinski definition) is 1. The van der Waals surface area contributed by atoms with Crippen LogP contribution in [0, 0.1) is 11.3 Å². The van der Waals surface area contributed by atoms with Crippen LogP contribution in [0.2, 0.25) is 0 Å². The molecule has 0 atom stereocenters. The Balaban J connectivity index is 1.74. The molecule has 0 unspecified atom stereocenters. The molecule has 1 N–H and O–H groups in total. The van der Waals surface area contributed by atoms with Gasteiger partial charge in [0.05, 0.1) is 16.6 Å². The molecule has 3 aromatic rings. The number of aromatic nitrogens is 2. The molecule has 5 heteroatoms. The molecule has 112 valence electrons. The highest BCUT2D eigenvalue weighted by atomic mass is 16.6. The largest absolute Gasteiger partial charge is 0.486 e. The number of hydrogen-bond acceptors (Lipinski definition) is 4. The quantitative estimate of drug-likeness (QED) is 0.737. The van der Waals surface area contributed by atoms with Crippen LogP contribution in [0.4, 0.5) is 0 Å². The van der Waals surface area contributed by atoms with Crippen molar-refractivity contribution in [1.29, 1.82) is 5.26 Å². The fourth-order valence-electron chi connectivity index (χ4n) is 2.55. The van der Waals surface area contributed by atoms with Crippen LogP contribution in [-0.4, -0.2) is 23.2 Å². The maximum Gasteiger partial charge on any atom is 0.161 e. The molecule has 1 aliphatic rings. The summed E-state index contributed by atoms with van der Waals surface area (Å²) in [5, 5.41) is 9.47. The molecule has 23 heavy (non-hydrogen) atoms. The van der Waals surface area contributed by atoms with Gasteiger partial charge >= 0.3 is 0 Å². The average molecular weight is 303 g/mol. The minimum atomic E-state index is 0.470. The molecule has 0 bridgehead atoms. The minimum absolute atomic E-state index is 0.470. The van der Waals surface area contributed by atoms with Gasteiger partial charge < -0.3 is 14.5 Å². The fourth-order valence-corrected chi connectivity index (χ4v) is 2.55. The lowest BCUT2D eigenvalue weighted by Gasteiger charge is -2.18. The van der Waals surface area contributed by atoms with E-state index in [0.717, 1.165) is 22.3 Å². The van der Waals surface area contributed by atoms with Crippen molar-refractivity contribution in [2.75, 3.05) is 13.2 Å². The summed E-state index contributed by atoms with van der Waals surface area (Å²) in [5.41, 5.74) is 3.08. The second-order valence-corrected chi connectivity index (χ2v) is 5.18. The summed E-state index contributed by atoms with van der Waals surface area (Å²) >= 11 is 0. The lowest BCUT2D eigenvalue weighted by molar-refractivity contribution is 0.171. The first kappa shape index (κ1) is 13.4. The summed E-state index contributed by atoms with van der Waals surface area (Å²) in [6.45, 7) is 1.10. The van der Waals surface area contributed by atoms with Gasteiger partial charge in [0.2, 0.25) is 0 Å². The van der Waals surface area contributed by atoms with Gasteiger partial charge in [0, 0.05) is 0 Å². The highest BCUT2D eigenvalue weighted by Crippen LogP contribution is 2.32. The molecule has 0 aliphatic carbocycles. The van der Waals surface area contributed by atoms with E-state index in [1.165, 1.54) is 0 Å². The van der Waals surface area contributed by atoms with Crippen LogP contribution in [0.25, 0.3) is 22.7 Å². The highest BCUT2D eigenvalue weighted by Gasteiger charge is 2.12. The van der Waals surface area contributed by atoms with E-state index in [9.17, 15) is 5.26 Å². The van der Waals surface area contributed by atoms with Crippen molar-refractivity contribution < 1.29 is 9.47 Å². The zero-order valence-electron chi connectivity index (χ0n) is 12.2. The first-order valence-electron chi connectivity index (χ1n) is 7.30. The molecular formula is C18H13N3O2. The zero-order valence-corrected chi connectivity index (χ0v) is 12.2. The Labute approximate surface area is 132 Å². The average Bonchev–Trinajstić information content (AvgIpc) is 3.03. The summed E-state index contributed by atoms with van der Waals surface area (Å²) < 4.78 is 11.1. The topological polar surface area (TPSA) is 70.9 Å². The molecule has 0 saturated heterocycles. The third kappa shape index (κ3) is 2.51. The van der Waals surface area contributed by atoms with E-state index < -0.39 is 0 Å². The predicted molar refractivity (Wildman–Crippen MR) is 87.0 cm³/mol. The van der Waals surface area contributed by atoms with Crippen molar-refractivity contribution in [1.82, 2.24) is 9.97 Å². The lowest BCUT2D eigenvalue weighted by Crippen LogP contribution is -2.15. The van der Waals surface area contributed by atoms with Crippen LogP contribution < -0.4 is 9.47 Å². The maximum atomic E-state index is 9.47. The number of fused-ring (bicyclic) bond motifs is 2. The van der Waals surface area contributed by atoms with Gasteiger partial charge in [-0.2, -0.15) is 5.26 Å². The zero-order chi connectivity index (χ0) is 15.6. The molecule has 2 heterocycles. The summed E-state index contributed by atoms with van der Waals surface area (Å²) in [6, 6.07) is 15.5. The van der Waals surface area contributed by atoms with Gasteiger partial charge in [-0.1, -0.05) is 18.2 Å². The van der Waals surface area contributed by atoms with Gasteiger partial charge in [0.25, 0.3) is 0 Å². The number of H-pyrrole nitrogens is 1. The van der Waals surface area contributed by atoms with Crippen LogP contribution in [-0.2, 0) is 0 Å². The SMILES string of the molecule is N#C/C(=C\c1ccc2c(c1)OCCO2)c1nc2ccccc2[nH]1. The summed E-state index contributed by atoms with van der Waals surface area (Å²) in [5.74, 6) is 1.99. The van der Waals surface area contributed by atoms with Gasteiger partial charge in [0.15, 0.2) is 11.5 Å². The Morgan fingerprint density at radius 2 is 1.96 bits per heavy atom. The van der Waals surface area contributed by atoms with Crippen molar-refractivity contribution in [2.45, 2.75) is 0 Å². The van der Waals surface area contributed by atoms with E-state index >= 15 is 0 Å². The first-order chi connectivity index (χ1) is 11.3. The lowest BCUT2D eigenvalue weighted by atomic mass is 10.1. The van der Waals surface area contributed by atoms with Crippen molar-refractivity contribution in [3.8, 4) is 17.6 Å². The number of rotatable bonds is 2. The molecule has 0 saturated carbocycles. The number of ether oxygens (including phenoxy) is 2. The standard InChI is InChI=1S/C18H13N3O2/c19-11-13(18-20-14-3-1-2-4-15(14)21-18)9-12-5-6-16-17(10-12)23-8-7-22-16/h1-6,9-10H,7-8H2,(H,20,21)/b13-9+. The maximum absolute atomic E-state index is 9.47. The third-order valence-electron chi connectivity index (χ3n) is 3.64. The second kappa shape index (κ2) is 5.50. The van der Waals surface area contributed by atoms with E-state index in [1.54, 1.807) is 6.08 Å². The normalized spacial score (nSPS) is 13.8. The van der Waals surface area contributed by atoms with Gasteiger partial charge in [-0.3, -0.25) is 0 Å². The smallest absolute Gasteiger partial charge is 0.161 e. The Bertz CT molecular complexity index is 917. The number of benzene rings is 2. The van der Waals surface area contributed by atoms with E-state index in [1.807, 2.05) is 42.5 Å². The van der Waals surface area contributed by atoms with Gasteiger partial charge in [-0.25, -0.2) is 4.98 Å². The fraction of sp³-hybridized carbons (Fsp3) is 0.111.